The van der Waals surface area contributed by atoms with Crippen LogP contribution in [-0.2, 0) is 5.41 Å². The summed E-state index contributed by atoms with van der Waals surface area (Å²) in [5.74, 6) is -0.582. The summed E-state index contributed by atoms with van der Waals surface area (Å²) in [5, 5.41) is 9.18. The van der Waals surface area contributed by atoms with Gasteiger partial charge in [0.2, 0.25) is 0 Å². The highest BCUT2D eigenvalue weighted by molar-refractivity contribution is 5.90. The average molecular weight is 235 g/mol. The fourth-order valence-corrected chi connectivity index (χ4v) is 1.48. The number of carboxylic acid groups (broad SMARTS) is 1. The number of carboxylic acids is 1. The molecule has 1 aliphatic rings. The first-order valence-corrected chi connectivity index (χ1v) is 5.78. The number of nitrogens with zero attached hydrogens (tertiary/aromatic N) is 1. The van der Waals surface area contributed by atoms with Crippen molar-refractivity contribution in [3.8, 4) is 5.75 Å². The lowest BCUT2D eigenvalue weighted by atomic mass is 9.91. The minimum atomic E-state index is -0.964. The van der Waals surface area contributed by atoms with Gasteiger partial charge in [0.1, 0.15) is 5.56 Å². The molecule has 4 nitrogen and oxygen atoms in total. The van der Waals surface area contributed by atoms with Crippen LogP contribution in [0, 0.1) is 0 Å². The largest absolute Gasteiger partial charge is 0.488 e. The third-order valence-corrected chi connectivity index (χ3v) is 2.68. The van der Waals surface area contributed by atoms with Crippen LogP contribution < -0.4 is 4.74 Å². The molecule has 4 heteroatoms. The summed E-state index contributed by atoms with van der Waals surface area (Å²) < 4.78 is 5.54. The summed E-state index contributed by atoms with van der Waals surface area (Å²) in [6.07, 6.45) is 3.71. The zero-order chi connectivity index (χ0) is 12.6. The van der Waals surface area contributed by atoms with Gasteiger partial charge in [0, 0.05) is 11.1 Å². The van der Waals surface area contributed by atoms with E-state index in [1.54, 1.807) is 6.07 Å². The van der Waals surface area contributed by atoms with Crippen LogP contribution in [0.5, 0.6) is 5.75 Å². The second kappa shape index (κ2) is 4.02. The maximum Gasteiger partial charge on any atom is 0.339 e. The molecule has 0 bridgehead atoms. The van der Waals surface area contributed by atoms with Crippen molar-refractivity contribution in [2.45, 2.75) is 45.1 Å². The summed E-state index contributed by atoms with van der Waals surface area (Å²) in [7, 11) is 0. The molecule has 2 rings (SSSR count). The van der Waals surface area contributed by atoms with Crippen molar-refractivity contribution in [1.29, 1.82) is 0 Å². The van der Waals surface area contributed by atoms with E-state index < -0.39 is 5.97 Å². The maximum absolute atomic E-state index is 11.2. The molecule has 17 heavy (non-hydrogen) atoms. The number of hydrogen-bond donors (Lipinski definition) is 1. The van der Waals surface area contributed by atoms with Gasteiger partial charge in [-0.05, 0) is 18.9 Å². The van der Waals surface area contributed by atoms with Gasteiger partial charge in [-0.25, -0.2) is 4.79 Å². The lowest BCUT2D eigenvalue weighted by Gasteiger charge is -2.19. The normalized spacial score (nSPS) is 15.7. The highest BCUT2D eigenvalue weighted by atomic mass is 16.5. The van der Waals surface area contributed by atoms with Crippen molar-refractivity contribution in [2.24, 2.45) is 0 Å². The van der Waals surface area contributed by atoms with Crippen molar-refractivity contribution in [3.63, 3.8) is 0 Å². The summed E-state index contributed by atoms with van der Waals surface area (Å²) in [6, 6.07) is 1.61. The number of pyridine rings is 1. The fourth-order valence-electron chi connectivity index (χ4n) is 1.48. The van der Waals surface area contributed by atoms with Crippen molar-refractivity contribution in [3.05, 3.63) is 23.5 Å². The van der Waals surface area contributed by atoms with E-state index in [-0.39, 0.29) is 17.1 Å². The number of ether oxygens (including phenoxy) is 1. The molecule has 1 aliphatic carbocycles. The van der Waals surface area contributed by atoms with Gasteiger partial charge in [-0.3, -0.25) is 4.98 Å². The molecule has 0 amide bonds. The third-order valence-electron chi connectivity index (χ3n) is 2.68. The molecular weight excluding hydrogens is 218 g/mol. The topological polar surface area (TPSA) is 59.4 Å². The van der Waals surface area contributed by atoms with Gasteiger partial charge in [0.15, 0.2) is 5.75 Å². The monoisotopic (exact) mass is 235 g/mol. The zero-order valence-corrected chi connectivity index (χ0v) is 10.4. The van der Waals surface area contributed by atoms with Crippen LogP contribution in [0.15, 0.2) is 12.3 Å². The molecule has 1 aromatic rings. The van der Waals surface area contributed by atoms with Crippen LogP contribution in [0.2, 0.25) is 0 Å². The highest BCUT2D eigenvalue weighted by Crippen LogP contribution is 2.31. The Morgan fingerprint density at radius 3 is 2.59 bits per heavy atom. The van der Waals surface area contributed by atoms with Crippen molar-refractivity contribution < 1.29 is 14.6 Å². The SMILES string of the molecule is CC(C)(C)c1cc(C(=O)O)c(OC2CC2)cn1. The summed E-state index contributed by atoms with van der Waals surface area (Å²) >= 11 is 0. The molecule has 0 aromatic carbocycles. The van der Waals surface area contributed by atoms with E-state index in [1.165, 1.54) is 6.20 Å². The van der Waals surface area contributed by atoms with Crippen molar-refractivity contribution in [2.75, 3.05) is 0 Å². The second-order valence-electron chi connectivity index (χ2n) is 5.44. The first-order chi connectivity index (χ1) is 7.88. The van der Waals surface area contributed by atoms with E-state index in [0.29, 0.717) is 5.75 Å². The van der Waals surface area contributed by atoms with E-state index in [1.807, 2.05) is 20.8 Å². The maximum atomic E-state index is 11.2. The van der Waals surface area contributed by atoms with Crippen LogP contribution >= 0.6 is 0 Å². The Morgan fingerprint density at radius 1 is 1.47 bits per heavy atom. The summed E-state index contributed by atoms with van der Waals surface area (Å²) in [4.78, 5) is 15.5. The molecule has 1 fully saturated rings. The Balaban J connectivity index is 2.36. The van der Waals surface area contributed by atoms with E-state index >= 15 is 0 Å². The first kappa shape index (κ1) is 11.9. The first-order valence-electron chi connectivity index (χ1n) is 5.78. The minimum absolute atomic E-state index is 0.164. The molecule has 1 saturated carbocycles. The predicted octanol–water partition coefficient (Wildman–Crippen LogP) is 2.62. The Morgan fingerprint density at radius 2 is 2.12 bits per heavy atom. The molecule has 0 spiro atoms. The Bertz CT molecular complexity index is 444. The molecule has 0 radical (unpaired) electrons. The molecule has 1 N–H and O–H groups in total. The van der Waals surface area contributed by atoms with Gasteiger partial charge in [-0.2, -0.15) is 0 Å². The molecule has 0 atom stereocenters. The lowest BCUT2D eigenvalue weighted by Crippen LogP contribution is -2.16. The third kappa shape index (κ3) is 2.75. The van der Waals surface area contributed by atoms with Crippen molar-refractivity contribution >= 4 is 5.97 Å². The predicted molar refractivity (Wildman–Crippen MR) is 63.5 cm³/mol. The van der Waals surface area contributed by atoms with Crippen LogP contribution in [-0.4, -0.2) is 22.2 Å². The van der Waals surface area contributed by atoms with Gasteiger partial charge in [-0.1, -0.05) is 20.8 Å². The smallest absolute Gasteiger partial charge is 0.339 e. The van der Waals surface area contributed by atoms with Crippen LogP contribution in [0.25, 0.3) is 0 Å². The second-order valence-corrected chi connectivity index (χ2v) is 5.44. The van der Waals surface area contributed by atoms with E-state index in [0.717, 1.165) is 18.5 Å². The molecular formula is C13H17NO3. The highest BCUT2D eigenvalue weighted by Gasteiger charge is 2.27. The number of aromatic carboxylic acids is 1. The molecule has 0 unspecified atom stereocenters. The Kier molecular flexibility index (Phi) is 2.81. The fraction of sp³-hybridized carbons (Fsp3) is 0.538. The number of hydrogen-bond acceptors (Lipinski definition) is 3. The lowest BCUT2D eigenvalue weighted by molar-refractivity contribution is 0.0691. The van der Waals surface area contributed by atoms with Gasteiger partial charge in [0.25, 0.3) is 0 Å². The van der Waals surface area contributed by atoms with E-state index in [2.05, 4.69) is 4.98 Å². The van der Waals surface area contributed by atoms with Crippen molar-refractivity contribution in [1.82, 2.24) is 4.98 Å². The van der Waals surface area contributed by atoms with E-state index in [9.17, 15) is 9.90 Å². The Labute approximate surface area is 101 Å². The standard InChI is InChI=1S/C13H17NO3/c1-13(2,3)11-6-9(12(15)16)10(7-14-11)17-8-4-5-8/h6-8H,4-5H2,1-3H3,(H,15,16). The molecule has 0 saturated heterocycles. The minimum Gasteiger partial charge on any atom is -0.488 e. The Hall–Kier alpha value is -1.58. The summed E-state index contributed by atoms with van der Waals surface area (Å²) in [6.45, 7) is 6.01. The quantitative estimate of drug-likeness (QED) is 0.874. The van der Waals surface area contributed by atoms with Gasteiger partial charge in [-0.15, -0.1) is 0 Å². The van der Waals surface area contributed by atoms with E-state index in [4.69, 9.17) is 4.74 Å². The van der Waals surface area contributed by atoms with Gasteiger partial charge >= 0.3 is 5.97 Å². The molecule has 92 valence electrons. The van der Waals surface area contributed by atoms with Crippen LogP contribution in [0.1, 0.15) is 49.7 Å². The number of aromatic nitrogens is 1. The van der Waals surface area contributed by atoms with Gasteiger partial charge in [0.05, 0.1) is 12.3 Å². The number of carbonyl (C=O) groups is 1. The van der Waals surface area contributed by atoms with Crippen LogP contribution in [0.3, 0.4) is 0 Å². The number of rotatable bonds is 3. The zero-order valence-electron chi connectivity index (χ0n) is 10.4. The van der Waals surface area contributed by atoms with Gasteiger partial charge < -0.3 is 9.84 Å². The van der Waals surface area contributed by atoms with Crippen LogP contribution in [0.4, 0.5) is 0 Å². The summed E-state index contributed by atoms with van der Waals surface area (Å²) in [5.41, 5.74) is 0.803. The average Bonchev–Trinajstić information content (AvgIpc) is 3.00. The molecule has 0 aliphatic heterocycles. The molecule has 1 heterocycles. The molecule has 1 aromatic heterocycles.